The Labute approximate surface area is 165 Å². The van der Waals surface area contributed by atoms with Crippen LogP contribution in [0.3, 0.4) is 0 Å². The Kier molecular flexibility index (Phi) is 4.64. The average Bonchev–Trinajstić information content (AvgIpc) is 2.69. The topological polar surface area (TPSA) is 103 Å². The van der Waals surface area contributed by atoms with Crippen molar-refractivity contribution in [3.8, 4) is 11.4 Å². The second-order valence-corrected chi connectivity index (χ2v) is 7.17. The highest BCUT2D eigenvalue weighted by Crippen LogP contribution is 2.30. The van der Waals surface area contributed by atoms with Crippen LogP contribution < -0.4 is 10.9 Å². The number of pyridine rings is 1. The molecule has 0 spiro atoms. The first-order valence-corrected chi connectivity index (χ1v) is 9.18. The third kappa shape index (κ3) is 3.38. The number of rotatable bonds is 3. The molecule has 0 fully saturated rings. The third-order valence-electron chi connectivity index (χ3n) is 4.74. The van der Waals surface area contributed by atoms with Gasteiger partial charge in [-0.1, -0.05) is 17.7 Å². The van der Waals surface area contributed by atoms with Gasteiger partial charge in [-0.2, -0.15) is 0 Å². The molecule has 3 aromatic rings. The zero-order chi connectivity index (χ0) is 19.7. The first-order valence-electron chi connectivity index (χ1n) is 8.80. The Hall–Kier alpha value is -3.13. The minimum absolute atomic E-state index is 0.181. The number of hydrogen-bond acceptors (Lipinski definition) is 6. The van der Waals surface area contributed by atoms with Gasteiger partial charge in [-0.25, -0.2) is 19.9 Å². The van der Waals surface area contributed by atoms with Gasteiger partial charge < -0.3 is 5.32 Å². The van der Waals surface area contributed by atoms with Crippen molar-refractivity contribution in [2.24, 2.45) is 0 Å². The molecule has 8 nitrogen and oxygen atoms in total. The Morgan fingerprint density at radius 1 is 1.25 bits per heavy atom. The van der Waals surface area contributed by atoms with Gasteiger partial charge in [-0.05, 0) is 38.0 Å². The summed E-state index contributed by atoms with van der Waals surface area (Å²) in [5.41, 5.74) is 0.189. The third-order valence-corrected chi connectivity index (χ3v) is 4.95. The quantitative estimate of drug-likeness (QED) is 0.681. The number of hydrogen-bond donors (Lipinski definition) is 1. The summed E-state index contributed by atoms with van der Waals surface area (Å²) in [6, 6.07) is 8.00. The Morgan fingerprint density at radius 2 is 2.11 bits per heavy atom. The molecule has 28 heavy (non-hydrogen) atoms. The number of carbonyl (C=O) groups excluding carboxylic acids is 1. The zero-order valence-electron chi connectivity index (χ0n) is 15.1. The lowest BCUT2D eigenvalue weighted by molar-refractivity contribution is 0.0875. The lowest BCUT2D eigenvalue weighted by Crippen LogP contribution is -2.50. The largest absolute Gasteiger partial charge is 0.338 e. The smallest absolute Gasteiger partial charge is 0.270 e. The number of nitrogens with one attached hydrogen (secondary N) is 1. The van der Waals surface area contributed by atoms with Crippen LogP contribution >= 0.6 is 11.6 Å². The average molecular weight is 397 g/mol. The molecule has 1 amide bonds. The molecule has 1 atom stereocenters. The maximum absolute atomic E-state index is 12.8. The molecule has 142 valence electrons. The Bertz CT molecular complexity index is 1100. The summed E-state index contributed by atoms with van der Waals surface area (Å²) in [7, 11) is 0. The van der Waals surface area contributed by atoms with Gasteiger partial charge in [-0.3, -0.25) is 14.2 Å². The van der Waals surface area contributed by atoms with E-state index in [0.717, 1.165) is 6.42 Å². The maximum atomic E-state index is 12.8. The zero-order valence-corrected chi connectivity index (χ0v) is 15.8. The molecular formula is C19H17ClN6O2. The van der Waals surface area contributed by atoms with Crippen LogP contribution in [-0.4, -0.2) is 30.4 Å². The summed E-state index contributed by atoms with van der Waals surface area (Å²) >= 11 is 5.90. The first kappa shape index (κ1) is 18.2. The monoisotopic (exact) mass is 396 g/mol. The highest BCUT2D eigenvalue weighted by atomic mass is 35.5. The van der Waals surface area contributed by atoms with Crippen LogP contribution in [0.5, 0.6) is 0 Å². The number of halogens is 1. The molecular weight excluding hydrogens is 380 g/mol. The summed E-state index contributed by atoms with van der Waals surface area (Å²) in [5.74, 6) is 0.121. The van der Waals surface area contributed by atoms with Crippen molar-refractivity contribution in [3.63, 3.8) is 0 Å². The van der Waals surface area contributed by atoms with Crippen molar-refractivity contribution in [3.05, 3.63) is 69.9 Å². The van der Waals surface area contributed by atoms with Gasteiger partial charge in [0.15, 0.2) is 0 Å². The summed E-state index contributed by atoms with van der Waals surface area (Å²) in [4.78, 5) is 42.2. The highest BCUT2D eigenvalue weighted by molar-refractivity contribution is 6.29. The molecule has 1 aliphatic heterocycles. The fourth-order valence-corrected chi connectivity index (χ4v) is 3.55. The van der Waals surface area contributed by atoms with Gasteiger partial charge in [0.2, 0.25) is 0 Å². The van der Waals surface area contributed by atoms with E-state index in [2.05, 4.69) is 25.3 Å². The van der Waals surface area contributed by atoms with Crippen molar-refractivity contribution in [1.82, 2.24) is 29.8 Å². The minimum Gasteiger partial charge on any atom is -0.338 e. The van der Waals surface area contributed by atoms with Crippen molar-refractivity contribution in [2.75, 3.05) is 0 Å². The van der Waals surface area contributed by atoms with Gasteiger partial charge in [-0.15, -0.1) is 0 Å². The lowest BCUT2D eigenvalue weighted by atomic mass is 9.90. The molecule has 4 heterocycles. The molecule has 0 radical (unpaired) electrons. The summed E-state index contributed by atoms with van der Waals surface area (Å²) in [5, 5.41) is 3.22. The van der Waals surface area contributed by atoms with E-state index in [0.29, 0.717) is 30.2 Å². The highest BCUT2D eigenvalue weighted by Gasteiger charge is 2.37. The van der Waals surface area contributed by atoms with Gasteiger partial charge in [0.05, 0.1) is 16.9 Å². The lowest BCUT2D eigenvalue weighted by Gasteiger charge is -2.36. The fourth-order valence-electron chi connectivity index (χ4n) is 3.39. The van der Waals surface area contributed by atoms with Gasteiger partial charge >= 0.3 is 0 Å². The normalized spacial score (nSPS) is 18.4. The molecule has 1 aliphatic rings. The summed E-state index contributed by atoms with van der Waals surface area (Å²) in [6.07, 6.45) is 4.37. The maximum Gasteiger partial charge on any atom is 0.270 e. The van der Waals surface area contributed by atoms with E-state index in [1.54, 1.807) is 35.0 Å². The molecule has 0 bridgehead atoms. The first-order chi connectivity index (χ1) is 13.5. The number of nitrogens with zero attached hydrogens (tertiary/aromatic N) is 5. The minimum atomic E-state index is -0.832. The fraction of sp³-hybridized carbons (Fsp3) is 0.263. The predicted molar refractivity (Wildman–Crippen MR) is 103 cm³/mol. The van der Waals surface area contributed by atoms with E-state index in [9.17, 15) is 9.59 Å². The van der Waals surface area contributed by atoms with E-state index in [1.807, 2.05) is 6.92 Å². The van der Waals surface area contributed by atoms with Crippen LogP contribution in [0.4, 0.5) is 0 Å². The van der Waals surface area contributed by atoms with Crippen LogP contribution in [0, 0.1) is 0 Å². The van der Waals surface area contributed by atoms with Crippen LogP contribution in [-0.2, 0) is 12.1 Å². The molecule has 9 heteroatoms. The van der Waals surface area contributed by atoms with Crippen molar-refractivity contribution in [1.29, 1.82) is 0 Å². The second-order valence-electron chi connectivity index (χ2n) is 6.78. The molecule has 0 saturated heterocycles. The number of aromatic nitrogens is 5. The standard InChI is InChI=1S/C19H17ClN6O2/c1-19(25-17(28)13-4-2-5-15(20)23-13)7-3-9-26-16(27)10-14(24-18(19)26)12-6-8-21-11-22-12/h2,4-6,8,10-11H,3,7,9H2,1H3,(H,25,28). The van der Waals surface area contributed by atoms with Crippen molar-refractivity contribution >= 4 is 17.5 Å². The van der Waals surface area contributed by atoms with E-state index < -0.39 is 5.54 Å². The van der Waals surface area contributed by atoms with Crippen LogP contribution in [0.1, 0.15) is 36.1 Å². The molecule has 3 aromatic heterocycles. The Balaban J connectivity index is 1.75. The molecule has 1 unspecified atom stereocenters. The summed E-state index contributed by atoms with van der Waals surface area (Å²) < 4.78 is 1.60. The number of carbonyl (C=O) groups is 1. The molecule has 0 aromatic carbocycles. The van der Waals surface area contributed by atoms with Crippen molar-refractivity contribution in [2.45, 2.75) is 31.8 Å². The van der Waals surface area contributed by atoms with E-state index in [4.69, 9.17) is 11.6 Å². The number of amides is 1. The molecule has 4 rings (SSSR count). The molecule has 1 N–H and O–H groups in total. The van der Waals surface area contributed by atoms with Gasteiger partial charge in [0, 0.05) is 18.8 Å². The number of fused-ring (bicyclic) bond motifs is 1. The Morgan fingerprint density at radius 3 is 2.86 bits per heavy atom. The van der Waals surface area contributed by atoms with Crippen LogP contribution in [0.2, 0.25) is 5.15 Å². The van der Waals surface area contributed by atoms with Gasteiger partial charge in [0.25, 0.3) is 11.5 Å². The van der Waals surface area contributed by atoms with Crippen molar-refractivity contribution < 1.29 is 4.79 Å². The summed E-state index contributed by atoms with van der Waals surface area (Å²) in [6.45, 7) is 2.41. The van der Waals surface area contributed by atoms with Crippen LogP contribution in [0.15, 0.2) is 47.7 Å². The van der Waals surface area contributed by atoms with E-state index >= 15 is 0 Å². The van der Waals surface area contributed by atoms with E-state index in [1.165, 1.54) is 12.4 Å². The van der Waals surface area contributed by atoms with Gasteiger partial charge in [0.1, 0.15) is 23.0 Å². The molecule has 0 aliphatic carbocycles. The van der Waals surface area contributed by atoms with E-state index in [-0.39, 0.29) is 22.3 Å². The second kappa shape index (κ2) is 7.12. The molecule has 0 saturated carbocycles. The van der Waals surface area contributed by atoms with Crippen LogP contribution in [0.25, 0.3) is 11.4 Å². The predicted octanol–water partition coefficient (Wildman–Crippen LogP) is 2.19. The SMILES string of the molecule is CC1(NC(=O)c2cccc(Cl)n2)CCCn2c1nc(-c1ccncn1)cc2=O.